The first-order valence-electron chi connectivity index (χ1n) is 12.2. The van der Waals surface area contributed by atoms with Crippen LogP contribution in [0.1, 0.15) is 80.2 Å². The molecule has 0 amide bonds. The van der Waals surface area contributed by atoms with Gasteiger partial charge in [0.25, 0.3) is 0 Å². The van der Waals surface area contributed by atoms with E-state index in [2.05, 4.69) is 84.3 Å². The molecule has 1 aliphatic carbocycles. The number of benzene rings is 1. The minimum Gasteiger partial charge on any atom is -0.412 e. The van der Waals surface area contributed by atoms with E-state index in [1.807, 2.05) is 6.33 Å². The summed E-state index contributed by atoms with van der Waals surface area (Å²) in [5.74, 6) is 0. The van der Waals surface area contributed by atoms with Crippen LogP contribution in [0, 0.1) is 0 Å². The Morgan fingerprint density at radius 3 is 2.31 bits per heavy atom. The summed E-state index contributed by atoms with van der Waals surface area (Å²) >= 11 is 0. The van der Waals surface area contributed by atoms with Gasteiger partial charge in [0.05, 0.1) is 40.7 Å². The van der Waals surface area contributed by atoms with Gasteiger partial charge in [0.1, 0.15) is 0 Å². The largest absolute Gasteiger partial charge is 0.494 e. The van der Waals surface area contributed by atoms with Crippen molar-refractivity contribution < 1.29 is 13.7 Å². The predicted octanol–water partition coefficient (Wildman–Crippen LogP) is 5.84. The van der Waals surface area contributed by atoms with Gasteiger partial charge < -0.3 is 18.3 Å². The lowest BCUT2D eigenvalue weighted by Gasteiger charge is -2.43. The van der Waals surface area contributed by atoms with Crippen LogP contribution in [0.25, 0.3) is 11.0 Å². The molecule has 0 unspecified atom stereocenters. The zero-order valence-corrected chi connectivity index (χ0v) is 22.5. The lowest BCUT2D eigenvalue weighted by molar-refractivity contribution is 0.00578. The van der Waals surface area contributed by atoms with E-state index < -0.39 is 8.32 Å². The van der Waals surface area contributed by atoms with E-state index in [4.69, 9.17) is 18.7 Å². The smallest absolute Gasteiger partial charge is 0.412 e. The van der Waals surface area contributed by atoms with Crippen molar-refractivity contribution in [2.75, 3.05) is 0 Å². The highest BCUT2D eigenvalue weighted by molar-refractivity contribution is 6.74. The first-order valence-corrected chi connectivity index (χ1v) is 15.1. The van der Waals surface area contributed by atoms with Crippen molar-refractivity contribution in [3.8, 4) is 0 Å². The Labute approximate surface area is 195 Å². The lowest BCUT2D eigenvalue weighted by atomic mass is 9.79. The summed E-state index contributed by atoms with van der Waals surface area (Å²) in [7, 11) is -2.20. The highest BCUT2D eigenvalue weighted by atomic mass is 28.4. The molecule has 2 aliphatic rings. The minimum atomic E-state index is -1.84. The van der Waals surface area contributed by atoms with Crippen LogP contribution >= 0.6 is 0 Å². The Hall–Kier alpha value is -1.15. The van der Waals surface area contributed by atoms with Gasteiger partial charge in [0.2, 0.25) is 0 Å². The van der Waals surface area contributed by atoms with Gasteiger partial charge in [-0.25, -0.2) is 4.98 Å². The van der Waals surface area contributed by atoms with Crippen LogP contribution in [0.2, 0.25) is 18.1 Å². The molecule has 5 nitrogen and oxygen atoms in total. The van der Waals surface area contributed by atoms with Crippen LogP contribution < -0.4 is 5.46 Å². The molecule has 0 N–H and O–H groups in total. The summed E-state index contributed by atoms with van der Waals surface area (Å²) in [5, 5.41) is 0.212. The van der Waals surface area contributed by atoms with Gasteiger partial charge in [-0.2, -0.15) is 0 Å². The van der Waals surface area contributed by atoms with Gasteiger partial charge >= 0.3 is 7.12 Å². The van der Waals surface area contributed by atoms with Gasteiger partial charge in [0.15, 0.2) is 8.32 Å². The Morgan fingerprint density at radius 1 is 1.06 bits per heavy atom. The molecule has 0 spiro atoms. The maximum absolute atomic E-state index is 6.93. The fourth-order valence-corrected chi connectivity index (χ4v) is 5.91. The lowest BCUT2D eigenvalue weighted by Crippen LogP contribution is -2.46. The summed E-state index contributed by atoms with van der Waals surface area (Å²) in [6.07, 6.45) is 7.02. The minimum absolute atomic E-state index is 0.212. The van der Waals surface area contributed by atoms with E-state index in [1.165, 1.54) is 18.4 Å². The normalized spacial score (nSPS) is 26.1. The molecule has 4 rings (SSSR count). The van der Waals surface area contributed by atoms with Crippen molar-refractivity contribution in [3.63, 3.8) is 0 Å². The summed E-state index contributed by atoms with van der Waals surface area (Å²) in [6.45, 7) is 20.0. The van der Waals surface area contributed by atoms with Crippen molar-refractivity contribution in [1.29, 1.82) is 0 Å². The molecule has 1 aliphatic heterocycles. The maximum atomic E-state index is 6.93. The summed E-state index contributed by atoms with van der Waals surface area (Å²) in [6, 6.07) is 6.78. The quantitative estimate of drug-likeness (QED) is 0.542. The third-order valence-electron chi connectivity index (χ3n) is 8.40. The van der Waals surface area contributed by atoms with Gasteiger partial charge in [-0.05, 0) is 76.3 Å². The second-order valence-corrected chi connectivity index (χ2v) is 17.0. The van der Waals surface area contributed by atoms with Gasteiger partial charge in [-0.3, -0.25) is 0 Å². The van der Waals surface area contributed by atoms with Crippen molar-refractivity contribution in [2.24, 2.45) is 0 Å². The molecule has 0 radical (unpaired) electrons. The van der Waals surface area contributed by atoms with E-state index in [0.29, 0.717) is 6.04 Å². The second-order valence-electron chi connectivity index (χ2n) is 12.3. The monoisotopic (exact) mass is 456 g/mol. The number of imidazole rings is 1. The molecule has 32 heavy (non-hydrogen) atoms. The zero-order chi connectivity index (χ0) is 23.5. The third kappa shape index (κ3) is 4.22. The fourth-order valence-electron chi connectivity index (χ4n) is 4.53. The molecule has 2 fully saturated rings. The van der Waals surface area contributed by atoms with Crippen molar-refractivity contribution in [1.82, 2.24) is 9.55 Å². The molecule has 1 aromatic carbocycles. The molecule has 2 aromatic rings. The number of hydrogen-bond donors (Lipinski definition) is 0. The Balaban J connectivity index is 1.61. The van der Waals surface area contributed by atoms with Crippen LogP contribution in [-0.2, 0) is 13.7 Å². The number of aromatic nitrogens is 2. The van der Waals surface area contributed by atoms with E-state index in [9.17, 15) is 0 Å². The van der Waals surface area contributed by atoms with E-state index in [1.54, 1.807) is 0 Å². The number of nitrogens with zero attached hydrogens (tertiary/aromatic N) is 2. The third-order valence-corrected chi connectivity index (χ3v) is 12.9. The molecule has 0 bridgehead atoms. The Kier molecular flexibility index (Phi) is 5.97. The maximum Gasteiger partial charge on any atom is 0.494 e. The van der Waals surface area contributed by atoms with Crippen LogP contribution in [-0.4, -0.2) is 42.3 Å². The van der Waals surface area contributed by atoms with Crippen LogP contribution in [0.4, 0.5) is 0 Å². The number of rotatable bonds is 4. The Morgan fingerprint density at radius 2 is 1.69 bits per heavy atom. The molecular formula is C25H41BN2O3Si. The average molecular weight is 457 g/mol. The molecule has 176 valence electrons. The van der Waals surface area contributed by atoms with Crippen LogP contribution in [0.5, 0.6) is 0 Å². The zero-order valence-electron chi connectivity index (χ0n) is 21.5. The molecule has 1 aromatic heterocycles. The summed E-state index contributed by atoms with van der Waals surface area (Å²) in [5.41, 5.74) is 2.50. The topological polar surface area (TPSA) is 45.5 Å². The highest BCUT2D eigenvalue weighted by Crippen LogP contribution is 2.42. The number of hydrogen-bond acceptors (Lipinski definition) is 4. The summed E-state index contributed by atoms with van der Waals surface area (Å²) < 4.78 is 21.8. The van der Waals surface area contributed by atoms with Crippen molar-refractivity contribution >= 4 is 31.9 Å². The molecule has 1 saturated heterocycles. The van der Waals surface area contributed by atoms with Gasteiger partial charge in [-0.1, -0.05) is 39.7 Å². The van der Waals surface area contributed by atoms with Crippen LogP contribution in [0.15, 0.2) is 24.5 Å². The standard InChI is InChI=1S/C25H41BN2O3Si/c1-23(2,3)32(8,9)29-22-13-11-10-12-21(22)28-17-27-19-16-18(14-15-20(19)28)26-30-24(4,5)25(6,7)31-26/h14-17,21-22H,10-13H2,1-9H3/t21-,22-/m0/s1. The molecule has 2 atom stereocenters. The summed E-state index contributed by atoms with van der Waals surface area (Å²) in [4.78, 5) is 4.79. The highest BCUT2D eigenvalue weighted by Gasteiger charge is 2.51. The Bertz CT molecular complexity index is 963. The molecule has 2 heterocycles. The predicted molar refractivity (Wildman–Crippen MR) is 135 cm³/mol. The van der Waals surface area contributed by atoms with E-state index in [0.717, 1.165) is 23.8 Å². The van der Waals surface area contributed by atoms with Crippen molar-refractivity contribution in [2.45, 2.75) is 116 Å². The molecule has 1 saturated carbocycles. The van der Waals surface area contributed by atoms with Gasteiger partial charge in [0, 0.05) is 0 Å². The van der Waals surface area contributed by atoms with Crippen LogP contribution in [0.3, 0.4) is 0 Å². The fraction of sp³-hybridized carbons (Fsp3) is 0.720. The van der Waals surface area contributed by atoms with E-state index >= 15 is 0 Å². The average Bonchev–Trinajstić information content (AvgIpc) is 3.18. The first-order chi connectivity index (χ1) is 14.7. The molecular weight excluding hydrogens is 415 g/mol. The first kappa shape index (κ1) is 24.0. The van der Waals surface area contributed by atoms with Crippen molar-refractivity contribution in [3.05, 3.63) is 24.5 Å². The number of fused-ring (bicyclic) bond motifs is 1. The van der Waals surface area contributed by atoms with E-state index in [-0.39, 0.29) is 29.5 Å². The SMILES string of the molecule is CC1(C)OB(c2ccc3c(c2)ncn3[C@H]2CCCC[C@@H]2O[Si](C)(C)C(C)(C)C)OC1(C)C. The second kappa shape index (κ2) is 7.97. The molecule has 7 heteroatoms. The van der Waals surface area contributed by atoms with Gasteiger partial charge in [-0.15, -0.1) is 0 Å².